The Balaban J connectivity index is 1.84. The maximum absolute atomic E-state index is 12.2. The first-order valence-electron chi connectivity index (χ1n) is 8.81. The van der Waals surface area contributed by atoms with Gasteiger partial charge < -0.3 is 15.0 Å². The second-order valence-electron chi connectivity index (χ2n) is 6.51. The molecule has 0 saturated heterocycles. The molecule has 4 nitrogen and oxygen atoms in total. The van der Waals surface area contributed by atoms with E-state index < -0.39 is 0 Å². The van der Waals surface area contributed by atoms with Crippen molar-refractivity contribution < 1.29 is 9.53 Å². The van der Waals surface area contributed by atoms with Crippen LogP contribution in [0.3, 0.4) is 0 Å². The number of carbonyl (C=O) groups is 1. The van der Waals surface area contributed by atoms with E-state index in [9.17, 15) is 4.79 Å². The van der Waals surface area contributed by atoms with Crippen molar-refractivity contribution >= 4 is 17.5 Å². The van der Waals surface area contributed by atoms with Crippen molar-refractivity contribution in [2.75, 3.05) is 27.7 Å². The largest absolute Gasteiger partial charge is 0.496 e. The topological polar surface area (TPSA) is 41.6 Å². The number of nitrogens with zero attached hydrogens (tertiary/aromatic N) is 1. The van der Waals surface area contributed by atoms with Gasteiger partial charge >= 0.3 is 0 Å². The van der Waals surface area contributed by atoms with E-state index >= 15 is 0 Å². The third kappa shape index (κ3) is 6.04. The summed E-state index contributed by atoms with van der Waals surface area (Å²) in [6, 6.07) is 15.8. The first-order chi connectivity index (χ1) is 12.5. The predicted octanol–water partition coefficient (Wildman–Crippen LogP) is 4.09. The number of methoxy groups -OCH3 is 1. The van der Waals surface area contributed by atoms with E-state index in [1.807, 2.05) is 62.6 Å². The fourth-order valence-corrected chi connectivity index (χ4v) is 3.04. The summed E-state index contributed by atoms with van der Waals surface area (Å²) < 4.78 is 5.46. The number of hydrogen-bond acceptors (Lipinski definition) is 3. The van der Waals surface area contributed by atoms with E-state index in [0.717, 1.165) is 29.2 Å². The van der Waals surface area contributed by atoms with Crippen LogP contribution in [0.4, 0.5) is 0 Å². The Morgan fingerprint density at radius 3 is 2.50 bits per heavy atom. The van der Waals surface area contributed by atoms with Crippen LogP contribution in [0.25, 0.3) is 0 Å². The fraction of sp³-hybridized carbons (Fsp3) is 0.381. The van der Waals surface area contributed by atoms with Crippen molar-refractivity contribution in [1.29, 1.82) is 0 Å². The lowest BCUT2D eigenvalue weighted by atomic mass is 10.0. The van der Waals surface area contributed by atoms with E-state index in [1.165, 1.54) is 5.56 Å². The minimum Gasteiger partial charge on any atom is -0.496 e. The molecule has 0 radical (unpaired) electrons. The highest BCUT2D eigenvalue weighted by Crippen LogP contribution is 2.27. The molecule has 0 fully saturated rings. The van der Waals surface area contributed by atoms with Gasteiger partial charge in [0.25, 0.3) is 0 Å². The molecule has 2 rings (SSSR count). The van der Waals surface area contributed by atoms with Gasteiger partial charge in [-0.25, -0.2) is 0 Å². The number of nitrogens with one attached hydrogen (secondary N) is 1. The lowest BCUT2D eigenvalue weighted by Crippen LogP contribution is -2.34. The molecule has 0 aromatic heterocycles. The number of hydrogen-bond donors (Lipinski definition) is 1. The number of aryl methyl sites for hydroxylation is 1. The summed E-state index contributed by atoms with van der Waals surface area (Å²) in [7, 11) is 5.68. The number of rotatable bonds is 9. The molecular formula is C21H27ClN2O2. The molecule has 0 spiro atoms. The summed E-state index contributed by atoms with van der Waals surface area (Å²) in [6.45, 7) is 0.549. The van der Waals surface area contributed by atoms with Crippen LogP contribution in [-0.2, 0) is 11.2 Å². The van der Waals surface area contributed by atoms with Crippen molar-refractivity contribution in [3.63, 3.8) is 0 Å². The summed E-state index contributed by atoms with van der Waals surface area (Å²) >= 11 is 5.89. The molecule has 140 valence electrons. The number of ether oxygens (including phenoxy) is 1. The third-order valence-electron chi connectivity index (χ3n) is 4.40. The van der Waals surface area contributed by atoms with Crippen LogP contribution in [0.2, 0.25) is 5.02 Å². The molecule has 5 heteroatoms. The molecule has 0 saturated carbocycles. The summed E-state index contributed by atoms with van der Waals surface area (Å²) in [5.74, 6) is 0.906. The highest BCUT2D eigenvalue weighted by Gasteiger charge is 2.18. The Kier molecular flexibility index (Phi) is 7.95. The van der Waals surface area contributed by atoms with Crippen LogP contribution in [0.1, 0.15) is 30.0 Å². The van der Waals surface area contributed by atoms with E-state index in [4.69, 9.17) is 16.3 Å². The Bertz CT molecular complexity index is 701. The van der Waals surface area contributed by atoms with Crippen molar-refractivity contribution in [3.8, 4) is 5.75 Å². The minimum absolute atomic E-state index is 0.0614. The molecule has 1 amide bonds. The van der Waals surface area contributed by atoms with Crippen molar-refractivity contribution in [3.05, 3.63) is 64.7 Å². The van der Waals surface area contributed by atoms with Crippen LogP contribution in [0, 0.1) is 0 Å². The van der Waals surface area contributed by atoms with Crippen LogP contribution in [0.15, 0.2) is 48.5 Å². The van der Waals surface area contributed by atoms with Crippen LogP contribution >= 0.6 is 11.6 Å². The van der Waals surface area contributed by atoms with Crippen LogP contribution in [-0.4, -0.2) is 38.6 Å². The molecule has 1 atom stereocenters. The molecule has 0 aliphatic rings. The summed E-state index contributed by atoms with van der Waals surface area (Å²) in [6.07, 6.45) is 2.19. The number of benzene rings is 2. The molecule has 2 aromatic carbocycles. The Hall–Kier alpha value is -2.04. The third-order valence-corrected chi connectivity index (χ3v) is 4.65. The van der Waals surface area contributed by atoms with Gasteiger partial charge in [-0.1, -0.05) is 41.9 Å². The van der Waals surface area contributed by atoms with E-state index in [2.05, 4.69) is 10.2 Å². The second kappa shape index (κ2) is 10.2. The first kappa shape index (κ1) is 20.3. The number of halogens is 1. The highest BCUT2D eigenvalue weighted by molar-refractivity contribution is 6.30. The quantitative estimate of drug-likeness (QED) is 0.718. The summed E-state index contributed by atoms with van der Waals surface area (Å²) in [4.78, 5) is 14.3. The van der Waals surface area contributed by atoms with Crippen LogP contribution in [0.5, 0.6) is 5.75 Å². The maximum Gasteiger partial charge on any atom is 0.220 e. The average Bonchev–Trinajstić information content (AvgIpc) is 2.63. The van der Waals surface area contributed by atoms with Gasteiger partial charge in [-0.05, 0) is 50.7 Å². The monoisotopic (exact) mass is 374 g/mol. The molecule has 0 heterocycles. The van der Waals surface area contributed by atoms with Gasteiger partial charge in [0.1, 0.15) is 5.75 Å². The van der Waals surface area contributed by atoms with Crippen LogP contribution < -0.4 is 10.1 Å². The standard InChI is InChI=1S/C21H27ClN2O2/c1-24(2)19(18-8-4-5-9-20(18)26-3)15-23-21(25)10-6-7-16-11-13-17(22)14-12-16/h4-5,8-9,11-14,19H,6-7,10,15H2,1-3H3,(H,23,25). The smallest absolute Gasteiger partial charge is 0.220 e. The van der Waals surface area contributed by atoms with Crippen molar-refractivity contribution in [2.45, 2.75) is 25.3 Å². The predicted molar refractivity (Wildman–Crippen MR) is 107 cm³/mol. The number of amides is 1. The Morgan fingerprint density at radius 2 is 1.85 bits per heavy atom. The zero-order valence-electron chi connectivity index (χ0n) is 15.7. The van der Waals surface area contributed by atoms with Crippen molar-refractivity contribution in [1.82, 2.24) is 10.2 Å². The SMILES string of the molecule is COc1ccccc1C(CNC(=O)CCCc1ccc(Cl)cc1)N(C)C. The fourth-order valence-electron chi connectivity index (χ4n) is 2.92. The minimum atomic E-state index is 0.0614. The first-order valence-corrected chi connectivity index (χ1v) is 9.19. The van der Waals surface area contributed by atoms with Crippen molar-refractivity contribution in [2.24, 2.45) is 0 Å². The molecule has 26 heavy (non-hydrogen) atoms. The summed E-state index contributed by atoms with van der Waals surface area (Å²) in [5, 5.41) is 3.79. The molecule has 2 aromatic rings. The Morgan fingerprint density at radius 1 is 1.15 bits per heavy atom. The zero-order chi connectivity index (χ0) is 18.9. The lowest BCUT2D eigenvalue weighted by Gasteiger charge is -2.26. The number of likely N-dealkylation sites (N-methyl/N-ethyl adjacent to an activating group) is 1. The Labute approximate surface area is 161 Å². The van der Waals surface area contributed by atoms with Gasteiger partial charge in [0.2, 0.25) is 5.91 Å². The van der Waals surface area contributed by atoms with E-state index in [1.54, 1.807) is 7.11 Å². The van der Waals surface area contributed by atoms with E-state index in [0.29, 0.717) is 13.0 Å². The second-order valence-corrected chi connectivity index (χ2v) is 6.94. The van der Waals surface area contributed by atoms with E-state index in [-0.39, 0.29) is 11.9 Å². The molecule has 0 bridgehead atoms. The zero-order valence-corrected chi connectivity index (χ0v) is 16.4. The number of carbonyl (C=O) groups excluding carboxylic acids is 1. The van der Waals surface area contributed by atoms with Gasteiger partial charge in [-0.3, -0.25) is 4.79 Å². The molecular weight excluding hydrogens is 348 g/mol. The maximum atomic E-state index is 12.2. The van der Waals surface area contributed by atoms with Gasteiger partial charge in [0, 0.05) is 23.6 Å². The molecule has 0 aliphatic heterocycles. The average molecular weight is 375 g/mol. The van der Waals surface area contributed by atoms with Gasteiger partial charge in [-0.15, -0.1) is 0 Å². The van der Waals surface area contributed by atoms with Gasteiger partial charge in [0.15, 0.2) is 0 Å². The van der Waals surface area contributed by atoms with Gasteiger partial charge in [0.05, 0.1) is 13.2 Å². The molecule has 0 aliphatic carbocycles. The molecule has 1 N–H and O–H groups in total. The summed E-state index contributed by atoms with van der Waals surface area (Å²) in [5.41, 5.74) is 2.27. The normalized spacial score (nSPS) is 12.0. The van der Waals surface area contributed by atoms with Gasteiger partial charge in [-0.2, -0.15) is 0 Å². The highest BCUT2D eigenvalue weighted by atomic mass is 35.5. The molecule has 1 unspecified atom stereocenters. The number of para-hydroxylation sites is 1. The lowest BCUT2D eigenvalue weighted by molar-refractivity contribution is -0.121.